The molecular weight excluding hydrogens is 304 g/mol. The summed E-state index contributed by atoms with van der Waals surface area (Å²) in [5, 5.41) is 8.53. The summed E-state index contributed by atoms with van der Waals surface area (Å²) in [5.41, 5.74) is 1.10. The smallest absolute Gasteiger partial charge is 0.263 e. The lowest BCUT2D eigenvalue weighted by atomic mass is 10.2. The summed E-state index contributed by atoms with van der Waals surface area (Å²) in [5.74, 6) is 1.36. The Kier molecular flexibility index (Phi) is 3.96. The summed E-state index contributed by atoms with van der Waals surface area (Å²) < 4.78 is 7.68. The van der Waals surface area contributed by atoms with Gasteiger partial charge in [-0.1, -0.05) is 23.4 Å². The number of rotatable bonds is 5. The van der Waals surface area contributed by atoms with Crippen molar-refractivity contribution in [2.45, 2.75) is 44.2 Å². The Morgan fingerprint density at radius 1 is 1.25 bits per heavy atom. The minimum absolute atomic E-state index is 0.0314. The average molecular weight is 326 g/mol. The van der Waals surface area contributed by atoms with E-state index in [1.54, 1.807) is 0 Å². The summed E-state index contributed by atoms with van der Waals surface area (Å²) in [6.07, 6.45) is 4.94. The third-order valence-corrected chi connectivity index (χ3v) is 4.78. The average Bonchev–Trinajstić information content (AvgIpc) is 3.13. The largest absolute Gasteiger partial charge is 0.481 e. The maximum absolute atomic E-state index is 12.6. The van der Waals surface area contributed by atoms with E-state index < -0.39 is 6.10 Å². The van der Waals surface area contributed by atoms with Crippen LogP contribution in [0.1, 0.15) is 43.8 Å². The summed E-state index contributed by atoms with van der Waals surface area (Å²) in [7, 11) is 0. The highest BCUT2D eigenvalue weighted by molar-refractivity contribution is 5.81. The molecule has 24 heavy (non-hydrogen) atoms. The minimum Gasteiger partial charge on any atom is -0.481 e. The zero-order valence-corrected chi connectivity index (χ0v) is 13.8. The maximum atomic E-state index is 12.6. The van der Waals surface area contributed by atoms with Crippen LogP contribution in [0.3, 0.4) is 0 Å². The Bertz CT molecular complexity index is 711. The quantitative estimate of drug-likeness (QED) is 0.846. The van der Waals surface area contributed by atoms with Crippen LogP contribution in [0.4, 0.5) is 0 Å². The van der Waals surface area contributed by atoms with Gasteiger partial charge < -0.3 is 9.64 Å². The van der Waals surface area contributed by atoms with E-state index in [0.29, 0.717) is 12.5 Å². The molecule has 2 fully saturated rings. The lowest BCUT2D eigenvalue weighted by Gasteiger charge is -2.21. The molecule has 0 spiro atoms. The number of para-hydroxylation sites is 1. The molecule has 4 rings (SSSR count). The number of ether oxygens (including phenoxy) is 1. The van der Waals surface area contributed by atoms with Gasteiger partial charge in [0.05, 0.1) is 11.7 Å². The van der Waals surface area contributed by atoms with Crippen LogP contribution in [0.25, 0.3) is 0 Å². The van der Waals surface area contributed by atoms with Crippen LogP contribution in [0.5, 0.6) is 5.75 Å². The first-order chi connectivity index (χ1) is 11.7. The van der Waals surface area contributed by atoms with E-state index in [0.717, 1.165) is 24.4 Å². The molecule has 2 heterocycles. The van der Waals surface area contributed by atoms with Gasteiger partial charge in [0, 0.05) is 25.2 Å². The molecule has 6 heteroatoms. The van der Waals surface area contributed by atoms with Gasteiger partial charge >= 0.3 is 0 Å². The van der Waals surface area contributed by atoms with Gasteiger partial charge in [-0.3, -0.25) is 4.79 Å². The molecule has 2 aromatic rings. The zero-order valence-electron chi connectivity index (χ0n) is 13.8. The molecule has 0 radical (unpaired) electrons. The van der Waals surface area contributed by atoms with E-state index in [2.05, 4.69) is 16.5 Å². The van der Waals surface area contributed by atoms with Gasteiger partial charge in [0.2, 0.25) is 0 Å². The highest BCUT2D eigenvalue weighted by atomic mass is 16.5. The Morgan fingerprint density at radius 3 is 2.79 bits per heavy atom. The molecule has 0 N–H and O–H groups in total. The van der Waals surface area contributed by atoms with E-state index in [9.17, 15) is 4.79 Å². The first-order valence-corrected chi connectivity index (χ1v) is 8.63. The predicted octanol–water partition coefficient (Wildman–Crippen LogP) is 2.40. The lowest BCUT2D eigenvalue weighted by molar-refractivity contribution is -0.136. The van der Waals surface area contributed by atoms with Crippen LogP contribution in [-0.2, 0) is 4.79 Å². The van der Waals surface area contributed by atoms with E-state index in [1.165, 1.54) is 12.8 Å². The number of amides is 1. The van der Waals surface area contributed by atoms with Crippen molar-refractivity contribution in [1.82, 2.24) is 19.9 Å². The molecule has 1 aromatic heterocycles. The van der Waals surface area contributed by atoms with Crippen LogP contribution in [0, 0.1) is 0 Å². The number of benzene rings is 1. The van der Waals surface area contributed by atoms with E-state index in [1.807, 2.05) is 46.8 Å². The van der Waals surface area contributed by atoms with E-state index >= 15 is 0 Å². The van der Waals surface area contributed by atoms with Crippen molar-refractivity contribution >= 4 is 5.91 Å². The normalized spacial score (nSPS) is 21.7. The lowest BCUT2D eigenvalue weighted by Crippen LogP contribution is -2.39. The fourth-order valence-electron chi connectivity index (χ4n) is 3.20. The molecule has 1 saturated carbocycles. The molecular formula is C18H22N4O2. The van der Waals surface area contributed by atoms with Crippen molar-refractivity contribution in [3.05, 3.63) is 42.2 Å². The Labute approximate surface area is 141 Å². The fourth-order valence-corrected chi connectivity index (χ4v) is 3.20. The highest BCUT2D eigenvalue weighted by Crippen LogP contribution is 2.39. The maximum Gasteiger partial charge on any atom is 0.263 e. The standard InChI is InChI=1S/C18H22N4O2/c1-13(24-16-5-3-2-4-6-16)18(23)21-10-9-15(11-21)22-12-17(19-20-22)14-7-8-14/h2-6,12-15H,7-11H2,1H3. The van der Waals surface area contributed by atoms with Crippen molar-refractivity contribution in [2.75, 3.05) is 13.1 Å². The molecule has 1 aliphatic heterocycles. The van der Waals surface area contributed by atoms with Crippen LogP contribution < -0.4 is 4.74 Å². The summed E-state index contributed by atoms with van der Waals surface area (Å²) >= 11 is 0. The first-order valence-electron chi connectivity index (χ1n) is 8.63. The molecule has 1 aliphatic carbocycles. The second kappa shape index (κ2) is 6.26. The first kappa shape index (κ1) is 15.2. The molecule has 126 valence electrons. The van der Waals surface area contributed by atoms with Crippen LogP contribution in [0.2, 0.25) is 0 Å². The number of hydrogen-bond acceptors (Lipinski definition) is 4. The molecule has 1 saturated heterocycles. The molecule has 6 nitrogen and oxygen atoms in total. The number of carbonyl (C=O) groups excluding carboxylic acids is 1. The summed E-state index contributed by atoms with van der Waals surface area (Å²) in [4.78, 5) is 14.5. The van der Waals surface area contributed by atoms with E-state index in [4.69, 9.17) is 4.74 Å². The third kappa shape index (κ3) is 3.13. The van der Waals surface area contributed by atoms with Gasteiger partial charge in [0.1, 0.15) is 5.75 Å². The molecule has 2 atom stereocenters. The number of nitrogens with zero attached hydrogens (tertiary/aromatic N) is 4. The number of aromatic nitrogens is 3. The third-order valence-electron chi connectivity index (χ3n) is 4.78. The second-order valence-corrected chi connectivity index (χ2v) is 6.70. The number of likely N-dealkylation sites (tertiary alicyclic amines) is 1. The van der Waals surface area contributed by atoms with Gasteiger partial charge in [0.25, 0.3) is 5.91 Å². The molecule has 2 aliphatic rings. The monoisotopic (exact) mass is 326 g/mol. The second-order valence-electron chi connectivity index (χ2n) is 6.70. The number of hydrogen-bond donors (Lipinski definition) is 0. The molecule has 2 unspecified atom stereocenters. The van der Waals surface area contributed by atoms with Crippen LogP contribution in [0.15, 0.2) is 36.5 Å². The Morgan fingerprint density at radius 2 is 2.04 bits per heavy atom. The minimum atomic E-state index is -0.482. The molecule has 1 amide bonds. The van der Waals surface area contributed by atoms with Crippen molar-refractivity contribution in [1.29, 1.82) is 0 Å². The van der Waals surface area contributed by atoms with Gasteiger partial charge in [-0.05, 0) is 38.3 Å². The fraction of sp³-hybridized carbons (Fsp3) is 0.500. The van der Waals surface area contributed by atoms with Gasteiger partial charge in [-0.15, -0.1) is 5.10 Å². The van der Waals surface area contributed by atoms with Gasteiger partial charge in [-0.25, -0.2) is 4.68 Å². The zero-order chi connectivity index (χ0) is 16.5. The van der Waals surface area contributed by atoms with Crippen molar-refractivity contribution in [2.24, 2.45) is 0 Å². The predicted molar refractivity (Wildman–Crippen MR) is 88.8 cm³/mol. The van der Waals surface area contributed by atoms with Crippen molar-refractivity contribution in [3.8, 4) is 5.75 Å². The topological polar surface area (TPSA) is 60.2 Å². The van der Waals surface area contributed by atoms with Crippen LogP contribution >= 0.6 is 0 Å². The highest BCUT2D eigenvalue weighted by Gasteiger charge is 2.33. The Balaban J connectivity index is 1.35. The summed E-state index contributed by atoms with van der Waals surface area (Å²) in [6.45, 7) is 3.22. The SMILES string of the molecule is CC(Oc1ccccc1)C(=O)N1CCC(n2cc(C3CC3)nn2)C1. The van der Waals surface area contributed by atoms with E-state index in [-0.39, 0.29) is 11.9 Å². The Hall–Kier alpha value is -2.37. The van der Waals surface area contributed by atoms with Crippen LogP contribution in [-0.4, -0.2) is 45.0 Å². The van der Waals surface area contributed by atoms with Crippen molar-refractivity contribution < 1.29 is 9.53 Å². The van der Waals surface area contributed by atoms with Gasteiger partial charge in [-0.2, -0.15) is 0 Å². The molecule has 0 bridgehead atoms. The van der Waals surface area contributed by atoms with Gasteiger partial charge in [0.15, 0.2) is 6.10 Å². The molecule has 1 aromatic carbocycles. The summed E-state index contributed by atoms with van der Waals surface area (Å²) in [6, 6.07) is 9.69. The van der Waals surface area contributed by atoms with Crippen molar-refractivity contribution in [3.63, 3.8) is 0 Å². The number of carbonyl (C=O) groups is 1.